The van der Waals surface area contributed by atoms with E-state index in [1.807, 2.05) is 19.1 Å². The Labute approximate surface area is 191 Å². The van der Waals surface area contributed by atoms with Crippen molar-refractivity contribution in [3.63, 3.8) is 0 Å². The van der Waals surface area contributed by atoms with E-state index in [0.717, 1.165) is 11.8 Å². The van der Waals surface area contributed by atoms with Gasteiger partial charge in [0.05, 0.1) is 11.4 Å². The summed E-state index contributed by atoms with van der Waals surface area (Å²) in [6, 6.07) is 16.4. The fourth-order valence-corrected chi connectivity index (χ4v) is 4.19. The van der Waals surface area contributed by atoms with Gasteiger partial charge in [0.25, 0.3) is 5.56 Å². The second kappa shape index (κ2) is 9.11. The fraction of sp³-hybridized carbons (Fsp3) is 0.250. The first-order chi connectivity index (χ1) is 15.7. The number of benzene rings is 2. The van der Waals surface area contributed by atoms with Crippen LogP contribution in [0.1, 0.15) is 12.0 Å². The molecule has 1 aliphatic rings. The zero-order chi connectivity index (χ0) is 23.6. The lowest BCUT2D eigenvalue weighted by molar-refractivity contribution is 0.152. The number of aromatic nitrogens is 1. The summed E-state index contributed by atoms with van der Waals surface area (Å²) in [7, 11) is -3.31. The molecule has 0 aliphatic carbocycles. The number of aryl methyl sites for hydroxylation is 1. The molecule has 4 rings (SSSR count). The number of nitrogens with zero attached hydrogens (tertiary/aromatic N) is 2. The average Bonchev–Trinajstić information content (AvgIpc) is 3.24. The number of ether oxygens (including phenoxy) is 2. The molecule has 2 heterocycles. The third-order valence-corrected chi connectivity index (χ3v) is 6.49. The summed E-state index contributed by atoms with van der Waals surface area (Å²) in [6.45, 7) is 2.82. The van der Waals surface area contributed by atoms with E-state index in [0.29, 0.717) is 36.7 Å². The molecule has 3 aromatic rings. The monoisotopic (exact) mass is 468 g/mol. The van der Waals surface area contributed by atoms with Gasteiger partial charge in [0.15, 0.2) is 9.84 Å². The molecule has 1 aromatic heterocycles. The average molecular weight is 469 g/mol. The quantitative estimate of drug-likeness (QED) is 0.571. The smallest absolute Gasteiger partial charge is 0.415 e. The molecule has 1 unspecified atom stereocenters. The van der Waals surface area contributed by atoms with Crippen molar-refractivity contribution in [2.75, 3.05) is 19.3 Å². The molecule has 1 atom stereocenters. The van der Waals surface area contributed by atoms with Crippen molar-refractivity contribution < 1.29 is 22.7 Å². The molecule has 2 aromatic carbocycles. The van der Waals surface area contributed by atoms with Gasteiger partial charge in [-0.15, -0.1) is 0 Å². The number of hydrogen-bond donors (Lipinski definition) is 0. The highest BCUT2D eigenvalue weighted by molar-refractivity contribution is 7.90. The van der Waals surface area contributed by atoms with E-state index in [9.17, 15) is 18.0 Å². The Morgan fingerprint density at radius 3 is 2.33 bits per heavy atom. The third-order valence-electron chi connectivity index (χ3n) is 5.37. The molecule has 0 spiro atoms. The Morgan fingerprint density at radius 2 is 1.70 bits per heavy atom. The SMILES string of the molecule is Cc1ccc(OC(=O)N2CCC(Oc3ccn(-c4ccc(S(C)(=O)=O)cc4)c(=O)c3)C2)cc1. The first-order valence-electron chi connectivity index (χ1n) is 10.4. The highest BCUT2D eigenvalue weighted by Crippen LogP contribution is 2.20. The molecule has 1 amide bonds. The Balaban J connectivity index is 1.38. The van der Waals surface area contributed by atoms with Crippen LogP contribution in [0.25, 0.3) is 5.69 Å². The van der Waals surface area contributed by atoms with Gasteiger partial charge in [-0.2, -0.15) is 0 Å². The van der Waals surface area contributed by atoms with Gasteiger partial charge in [-0.25, -0.2) is 13.2 Å². The summed E-state index contributed by atoms with van der Waals surface area (Å²) in [5.74, 6) is 0.894. The Hall–Kier alpha value is -3.59. The lowest BCUT2D eigenvalue weighted by Crippen LogP contribution is -2.33. The predicted molar refractivity (Wildman–Crippen MR) is 123 cm³/mol. The normalized spacial score (nSPS) is 15.9. The molecule has 0 saturated carbocycles. The second-order valence-electron chi connectivity index (χ2n) is 7.99. The van der Waals surface area contributed by atoms with Crippen molar-refractivity contribution >= 4 is 15.9 Å². The fourth-order valence-electron chi connectivity index (χ4n) is 3.56. The van der Waals surface area contributed by atoms with E-state index in [4.69, 9.17) is 9.47 Å². The van der Waals surface area contributed by atoms with Gasteiger partial charge in [-0.05, 0) is 49.4 Å². The molecule has 1 fully saturated rings. The highest BCUT2D eigenvalue weighted by Gasteiger charge is 2.29. The molecule has 172 valence electrons. The molecule has 0 N–H and O–H groups in total. The first-order valence-corrected chi connectivity index (χ1v) is 12.3. The minimum Gasteiger partial charge on any atom is -0.488 e. The number of sulfone groups is 1. The summed E-state index contributed by atoms with van der Waals surface area (Å²) in [5, 5.41) is 0. The Morgan fingerprint density at radius 1 is 1.00 bits per heavy atom. The molecular formula is C24H24N2O6S. The number of carbonyl (C=O) groups is 1. The maximum Gasteiger partial charge on any atom is 0.415 e. The van der Waals surface area contributed by atoms with Crippen LogP contribution in [0.2, 0.25) is 0 Å². The number of amides is 1. The Kier molecular flexibility index (Phi) is 6.24. The Bertz CT molecular complexity index is 1310. The third kappa shape index (κ3) is 5.43. The maximum absolute atomic E-state index is 12.6. The topological polar surface area (TPSA) is 94.9 Å². The van der Waals surface area contributed by atoms with Gasteiger partial charge in [0, 0.05) is 37.2 Å². The minimum atomic E-state index is -3.31. The summed E-state index contributed by atoms with van der Waals surface area (Å²) in [4.78, 5) is 26.7. The van der Waals surface area contributed by atoms with E-state index in [1.54, 1.807) is 41.4 Å². The maximum atomic E-state index is 12.6. The number of hydrogen-bond acceptors (Lipinski definition) is 6. The molecule has 1 saturated heterocycles. The van der Waals surface area contributed by atoms with Gasteiger partial charge in [0.2, 0.25) is 0 Å². The van der Waals surface area contributed by atoms with Gasteiger partial charge >= 0.3 is 6.09 Å². The summed E-state index contributed by atoms with van der Waals surface area (Å²) < 4.78 is 35.9. The molecule has 9 heteroatoms. The van der Waals surface area contributed by atoms with E-state index in [2.05, 4.69) is 0 Å². The van der Waals surface area contributed by atoms with Crippen LogP contribution in [-0.2, 0) is 9.84 Å². The zero-order valence-electron chi connectivity index (χ0n) is 18.3. The van der Waals surface area contributed by atoms with Crippen LogP contribution >= 0.6 is 0 Å². The van der Waals surface area contributed by atoms with Crippen molar-refractivity contribution in [3.05, 3.63) is 82.8 Å². The zero-order valence-corrected chi connectivity index (χ0v) is 19.1. The van der Waals surface area contributed by atoms with Crippen LogP contribution < -0.4 is 15.0 Å². The number of carbonyl (C=O) groups excluding carboxylic acids is 1. The van der Waals surface area contributed by atoms with Crippen molar-refractivity contribution in [2.24, 2.45) is 0 Å². The largest absolute Gasteiger partial charge is 0.488 e. The summed E-state index contributed by atoms with van der Waals surface area (Å²) >= 11 is 0. The summed E-state index contributed by atoms with van der Waals surface area (Å²) in [6.07, 6.45) is 2.65. The van der Waals surface area contributed by atoms with Gasteiger partial charge in [0.1, 0.15) is 17.6 Å². The second-order valence-corrected chi connectivity index (χ2v) is 10.0. The van der Waals surface area contributed by atoms with Crippen molar-refractivity contribution in [2.45, 2.75) is 24.3 Å². The van der Waals surface area contributed by atoms with E-state index >= 15 is 0 Å². The lowest BCUT2D eigenvalue weighted by atomic mass is 10.2. The molecule has 33 heavy (non-hydrogen) atoms. The van der Waals surface area contributed by atoms with Gasteiger partial charge in [-0.1, -0.05) is 17.7 Å². The van der Waals surface area contributed by atoms with Crippen molar-refractivity contribution in [3.8, 4) is 17.2 Å². The minimum absolute atomic E-state index is 0.186. The van der Waals surface area contributed by atoms with Crippen LogP contribution in [0.4, 0.5) is 4.79 Å². The van der Waals surface area contributed by atoms with Gasteiger partial charge < -0.3 is 14.4 Å². The summed E-state index contributed by atoms with van der Waals surface area (Å²) in [5.41, 5.74) is 1.32. The standard InChI is InChI=1S/C24H24N2O6S/c1-17-3-7-19(8-4-17)32-24(28)25-13-11-21(16-25)31-20-12-14-26(23(27)15-20)18-5-9-22(10-6-18)33(2,29)30/h3-10,12,14-15,21H,11,13,16H2,1-2H3. The number of likely N-dealkylation sites (tertiary alicyclic amines) is 1. The van der Waals surface area contributed by atoms with E-state index < -0.39 is 15.9 Å². The first kappa shape index (κ1) is 22.6. The van der Waals surface area contributed by atoms with E-state index in [1.165, 1.54) is 22.8 Å². The number of rotatable bonds is 5. The van der Waals surface area contributed by atoms with Crippen LogP contribution in [-0.4, -0.2) is 49.4 Å². The van der Waals surface area contributed by atoms with Gasteiger partial charge in [-0.3, -0.25) is 9.36 Å². The van der Waals surface area contributed by atoms with E-state index in [-0.39, 0.29) is 16.6 Å². The molecular weight excluding hydrogens is 444 g/mol. The molecule has 0 bridgehead atoms. The molecule has 8 nitrogen and oxygen atoms in total. The van der Waals surface area contributed by atoms with Crippen LogP contribution in [0.15, 0.2) is 76.6 Å². The lowest BCUT2D eigenvalue weighted by Gasteiger charge is -2.17. The van der Waals surface area contributed by atoms with Crippen LogP contribution in [0.3, 0.4) is 0 Å². The predicted octanol–water partition coefficient (Wildman–Crippen LogP) is 3.20. The van der Waals surface area contributed by atoms with Crippen LogP contribution in [0, 0.1) is 6.92 Å². The number of pyridine rings is 1. The molecule has 1 aliphatic heterocycles. The van der Waals surface area contributed by atoms with Crippen molar-refractivity contribution in [1.82, 2.24) is 9.47 Å². The van der Waals surface area contributed by atoms with Crippen LogP contribution in [0.5, 0.6) is 11.5 Å². The highest BCUT2D eigenvalue weighted by atomic mass is 32.2. The molecule has 0 radical (unpaired) electrons. The van der Waals surface area contributed by atoms with Crippen molar-refractivity contribution in [1.29, 1.82) is 0 Å².